The van der Waals surface area contributed by atoms with E-state index < -0.39 is 0 Å². The molecule has 31 heavy (non-hydrogen) atoms. The average Bonchev–Trinajstić information content (AvgIpc) is 3.21. The van der Waals surface area contributed by atoms with Gasteiger partial charge in [0.05, 0.1) is 10.9 Å². The minimum absolute atomic E-state index is 0.0479. The van der Waals surface area contributed by atoms with Gasteiger partial charge in [-0.3, -0.25) is 13.8 Å². The van der Waals surface area contributed by atoms with Crippen molar-refractivity contribution in [1.82, 2.24) is 19.2 Å². The molecule has 2 aromatic heterocycles. The molecule has 0 fully saturated rings. The Labute approximate surface area is 190 Å². The van der Waals surface area contributed by atoms with Crippen molar-refractivity contribution < 1.29 is 4.74 Å². The molecule has 0 amide bonds. The van der Waals surface area contributed by atoms with Crippen LogP contribution in [0.1, 0.15) is 37.5 Å². The van der Waals surface area contributed by atoms with Gasteiger partial charge in [-0.15, -0.1) is 10.2 Å². The summed E-state index contributed by atoms with van der Waals surface area (Å²) in [6, 6.07) is 15.6. The van der Waals surface area contributed by atoms with Crippen LogP contribution in [0.3, 0.4) is 0 Å². The third-order valence-corrected chi connectivity index (χ3v) is 6.83. The van der Waals surface area contributed by atoms with Gasteiger partial charge in [0.1, 0.15) is 0 Å². The van der Waals surface area contributed by atoms with Crippen molar-refractivity contribution >= 4 is 40.0 Å². The fourth-order valence-corrected chi connectivity index (χ4v) is 4.89. The second-order valence-corrected chi connectivity index (χ2v) is 8.82. The molecule has 2 aromatic carbocycles. The van der Waals surface area contributed by atoms with E-state index >= 15 is 0 Å². The zero-order chi connectivity index (χ0) is 21.8. The Bertz CT molecular complexity index is 1240. The third kappa shape index (κ3) is 4.49. The number of hydrogen-bond acceptors (Lipinski definition) is 5. The zero-order valence-electron chi connectivity index (χ0n) is 17.6. The van der Waals surface area contributed by atoms with Gasteiger partial charge in [-0.2, -0.15) is 0 Å². The highest BCUT2D eigenvalue weighted by molar-refractivity contribution is 7.99. The monoisotopic (exact) mass is 456 g/mol. The number of aryl methyl sites for hydroxylation is 1. The van der Waals surface area contributed by atoms with Crippen molar-refractivity contribution in [2.24, 2.45) is 0 Å². The van der Waals surface area contributed by atoms with Gasteiger partial charge in [0.25, 0.3) is 5.56 Å². The van der Waals surface area contributed by atoms with Crippen molar-refractivity contribution in [3.8, 4) is 0 Å². The first-order valence-corrected chi connectivity index (χ1v) is 11.8. The lowest BCUT2D eigenvalue weighted by molar-refractivity contribution is 0.141. The number of aromatic nitrogens is 4. The molecule has 8 heteroatoms. The summed E-state index contributed by atoms with van der Waals surface area (Å²) in [4.78, 5) is 13.2. The Morgan fingerprint density at radius 3 is 2.61 bits per heavy atom. The second-order valence-electron chi connectivity index (χ2n) is 7.21. The SMILES string of the molecule is CCOCCCn1c(=O)c2ccccc2n2c(SC(CC)c3ccc(Cl)cc3)nnc12. The predicted molar refractivity (Wildman–Crippen MR) is 126 cm³/mol. The van der Waals surface area contributed by atoms with Gasteiger partial charge in [0.2, 0.25) is 5.78 Å². The fraction of sp³-hybridized carbons (Fsp3) is 0.348. The van der Waals surface area contributed by atoms with E-state index in [1.54, 1.807) is 16.3 Å². The highest BCUT2D eigenvalue weighted by Gasteiger charge is 2.20. The summed E-state index contributed by atoms with van der Waals surface area (Å²) in [5, 5.41) is 11.2. The molecule has 6 nitrogen and oxygen atoms in total. The number of thioether (sulfide) groups is 1. The summed E-state index contributed by atoms with van der Waals surface area (Å²) in [5.74, 6) is 0.564. The molecule has 0 saturated heterocycles. The Kier molecular flexibility index (Phi) is 6.95. The molecule has 0 aliphatic heterocycles. The van der Waals surface area contributed by atoms with Crippen LogP contribution in [0.25, 0.3) is 16.7 Å². The van der Waals surface area contributed by atoms with E-state index in [1.807, 2.05) is 47.7 Å². The standard InChI is InChI=1S/C23H25ClN4O2S/c1-3-20(16-10-12-17(24)13-11-16)31-23-26-25-22-27(14-7-15-30-4-2)21(29)18-8-5-6-9-19(18)28(22)23/h5-6,8-13,20H,3-4,7,14-15H2,1-2H3. The quantitative estimate of drug-likeness (QED) is 0.250. The first-order chi connectivity index (χ1) is 15.1. The topological polar surface area (TPSA) is 61.4 Å². The van der Waals surface area contributed by atoms with Gasteiger partial charge >= 0.3 is 0 Å². The lowest BCUT2D eigenvalue weighted by Crippen LogP contribution is -2.24. The van der Waals surface area contributed by atoms with E-state index in [-0.39, 0.29) is 10.8 Å². The Morgan fingerprint density at radius 1 is 1.10 bits per heavy atom. The summed E-state index contributed by atoms with van der Waals surface area (Å²) in [7, 11) is 0. The maximum absolute atomic E-state index is 13.2. The molecule has 1 unspecified atom stereocenters. The number of nitrogens with zero attached hydrogens (tertiary/aromatic N) is 4. The molecule has 2 heterocycles. The predicted octanol–water partition coefficient (Wildman–Crippen LogP) is 5.37. The molecule has 0 spiro atoms. The van der Waals surface area contributed by atoms with Gasteiger partial charge in [0, 0.05) is 30.0 Å². The molecule has 0 radical (unpaired) electrons. The highest BCUT2D eigenvalue weighted by atomic mass is 35.5. The van der Waals surface area contributed by atoms with E-state index in [0.717, 1.165) is 28.5 Å². The summed E-state index contributed by atoms with van der Waals surface area (Å²) < 4.78 is 9.16. The first kappa shape index (κ1) is 21.9. The van der Waals surface area contributed by atoms with E-state index in [4.69, 9.17) is 16.3 Å². The highest BCUT2D eigenvalue weighted by Crippen LogP contribution is 2.37. The molecule has 4 aromatic rings. The fourth-order valence-electron chi connectivity index (χ4n) is 3.67. The maximum Gasteiger partial charge on any atom is 0.262 e. The molecular formula is C23H25ClN4O2S. The van der Waals surface area contributed by atoms with Crippen LogP contribution in [0.15, 0.2) is 58.5 Å². The van der Waals surface area contributed by atoms with Crippen molar-refractivity contribution in [3.63, 3.8) is 0 Å². The molecular weight excluding hydrogens is 432 g/mol. The smallest absolute Gasteiger partial charge is 0.262 e. The molecule has 4 rings (SSSR count). The van der Waals surface area contributed by atoms with Gasteiger partial charge in [-0.1, -0.05) is 54.6 Å². The van der Waals surface area contributed by atoms with E-state index in [1.165, 1.54) is 5.56 Å². The lowest BCUT2D eigenvalue weighted by Gasteiger charge is -2.15. The summed E-state index contributed by atoms with van der Waals surface area (Å²) >= 11 is 7.72. The van der Waals surface area contributed by atoms with Crippen molar-refractivity contribution in [2.75, 3.05) is 13.2 Å². The Balaban J connectivity index is 1.79. The largest absolute Gasteiger partial charge is 0.382 e. The van der Waals surface area contributed by atoms with Gasteiger partial charge in [-0.05, 0) is 49.6 Å². The lowest BCUT2D eigenvalue weighted by atomic mass is 10.1. The molecule has 0 saturated carbocycles. The maximum atomic E-state index is 13.2. The van der Waals surface area contributed by atoms with E-state index in [0.29, 0.717) is 30.9 Å². The zero-order valence-corrected chi connectivity index (χ0v) is 19.2. The van der Waals surface area contributed by atoms with Crippen molar-refractivity contribution in [3.05, 3.63) is 69.5 Å². The number of rotatable bonds is 9. The van der Waals surface area contributed by atoms with Crippen LogP contribution in [0, 0.1) is 0 Å². The summed E-state index contributed by atoms with van der Waals surface area (Å²) in [6.45, 7) is 5.91. The Hall–Kier alpha value is -2.35. The van der Waals surface area contributed by atoms with Crippen LogP contribution in [0.4, 0.5) is 0 Å². The minimum Gasteiger partial charge on any atom is -0.382 e. The number of fused-ring (bicyclic) bond motifs is 3. The number of ether oxygens (including phenoxy) is 1. The molecule has 1 atom stereocenters. The van der Waals surface area contributed by atoms with E-state index in [9.17, 15) is 4.79 Å². The third-order valence-electron chi connectivity index (χ3n) is 5.21. The van der Waals surface area contributed by atoms with Gasteiger partial charge in [-0.25, -0.2) is 0 Å². The van der Waals surface area contributed by atoms with Crippen LogP contribution in [-0.4, -0.2) is 32.4 Å². The van der Waals surface area contributed by atoms with Crippen LogP contribution in [-0.2, 0) is 11.3 Å². The first-order valence-electron chi connectivity index (χ1n) is 10.5. The molecule has 0 aliphatic rings. The number of hydrogen-bond donors (Lipinski definition) is 0. The molecule has 0 bridgehead atoms. The Morgan fingerprint density at radius 2 is 1.87 bits per heavy atom. The molecule has 0 aliphatic carbocycles. The van der Waals surface area contributed by atoms with Crippen LogP contribution in [0.5, 0.6) is 0 Å². The van der Waals surface area contributed by atoms with Gasteiger partial charge in [0.15, 0.2) is 5.16 Å². The molecule has 162 valence electrons. The summed E-state index contributed by atoms with van der Waals surface area (Å²) in [6.07, 6.45) is 1.66. The average molecular weight is 457 g/mol. The normalized spacial score (nSPS) is 12.6. The molecule has 0 N–H and O–H groups in total. The number of para-hydroxylation sites is 1. The van der Waals surface area contributed by atoms with Crippen LogP contribution >= 0.6 is 23.4 Å². The van der Waals surface area contributed by atoms with E-state index in [2.05, 4.69) is 29.3 Å². The van der Waals surface area contributed by atoms with Crippen molar-refractivity contribution in [1.29, 1.82) is 0 Å². The van der Waals surface area contributed by atoms with Gasteiger partial charge < -0.3 is 4.74 Å². The summed E-state index contributed by atoms with van der Waals surface area (Å²) in [5.41, 5.74) is 1.96. The second kappa shape index (κ2) is 9.85. The number of halogens is 1. The van der Waals surface area contributed by atoms with Crippen molar-refractivity contribution in [2.45, 2.75) is 43.6 Å². The minimum atomic E-state index is -0.0479. The van der Waals surface area contributed by atoms with Crippen LogP contribution < -0.4 is 5.56 Å². The van der Waals surface area contributed by atoms with Crippen LogP contribution in [0.2, 0.25) is 5.02 Å². The number of benzene rings is 2.